The van der Waals surface area contributed by atoms with Crippen LogP contribution in [-0.2, 0) is 14.3 Å². The average molecular weight is 257 g/mol. The molecule has 0 spiro atoms. The highest BCUT2D eigenvalue weighted by Gasteiger charge is 2.21. The van der Waals surface area contributed by atoms with E-state index in [4.69, 9.17) is 9.84 Å². The predicted molar refractivity (Wildman–Crippen MR) is 67.3 cm³/mol. The molecule has 0 aromatic rings. The fourth-order valence-corrected chi connectivity index (χ4v) is 2.16. The number of hydrogen-bond acceptors (Lipinski definition) is 3. The molecule has 0 radical (unpaired) electrons. The number of carboxylic acid groups (broad SMARTS) is 1. The van der Waals surface area contributed by atoms with Crippen molar-refractivity contribution < 1.29 is 19.4 Å². The van der Waals surface area contributed by atoms with Crippen molar-refractivity contribution >= 4 is 11.9 Å². The molecule has 1 atom stereocenters. The van der Waals surface area contributed by atoms with Gasteiger partial charge in [-0.25, -0.2) is 0 Å². The summed E-state index contributed by atoms with van der Waals surface area (Å²) in [7, 11) is 0. The summed E-state index contributed by atoms with van der Waals surface area (Å²) in [6, 6.07) is 0. The maximum Gasteiger partial charge on any atom is 0.303 e. The quantitative estimate of drug-likeness (QED) is 0.669. The zero-order valence-electron chi connectivity index (χ0n) is 11.1. The van der Waals surface area contributed by atoms with Crippen molar-refractivity contribution in [3.05, 3.63) is 0 Å². The molecule has 1 fully saturated rings. The van der Waals surface area contributed by atoms with Crippen molar-refractivity contribution in [1.29, 1.82) is 0 Å². The van der Waals surface area contributed by atoms with Gasteiger partial charge < -0.3 is 14.7 Å². The Labute approximate surface area is 108 Å². The van der Waals surface area contributed by atoms with Crippen LogP contribution in [0.4, 0.5) is 0 Å². The van der Waals surface area contributed by atoms with Gasteiger partial charge >= 0.3 is 5.97 Å². The molecule has 1 unspecified atom stereocenters. The molecule has 1 N–H and O–H groups in total. The predicted octanol–water partition coefficient (Wildman–Crippen LogP) is 1.52. The first kappa shape index (κ1) is 15.0. The number of aliphatic carboxylic acids is 1. The molecule has 1 rings (SSSR count). The Hall–Kier alpha value is -1.10. The molecular formula is C13H23NO4. The Kier molecular flexibility index (Phi) is 6.72. The number of ether oxygens (including phenoxy) is 1. The molecule has 18 heavy (non-hydrogen) atoms. The lowest BCUT2D eigenvalue weighted by Gasteiger charge is -2.23. The monoisotopic (exact) mass is 257 g/mol. The third kappa shape index (κ3) is 5.49. The molecule has 0 aliphatic carbocycles. The SMILES string of the molecule is CCN(CC1CCOC1)C(=O)CCCCC(=O)O. The second kappa shape index (κ2) is 8.08. The third-order valence-electron chi connectivity index (χ3n) is 3.27. The van der Waals surface area contributed by atoms with Gasteiger partial charge in [-0.05, 0) is 26.2 Å². The summed E-state index contributed by atoms with van der Waals surface area (Å²) in [6.45, 7) is 5.02. The minimum Gasteiger partial charge on any atom is -0.481 e. The van der Waals surface area contributed by atoms with Crippen LogP contribution >= 0.6 is 0 Å². The first-order chi connectivity index (χ1) is 8.63. The Morgan fingerprint density at radius 3 is 2.61 bits per heavy atom. The number of carbonyl (C=O) groups excluding carboxylic acids is 1. The Morgan fingerprint density at radius 1 is 1.33 bits per heavy atom. The molecule has 1 aliphatic rings. The summed E-state index contributed by atoms with van der Waals surface area (Å²) in [4.78, 5) is 24.2. The fourth-order valence-electron chi connectivity index (χ4n) is 2.16. The Bertz CT molecular complexity index is 274. The van der Waals surface area contributed by atoms with Crippen LogP contribution in [0.5, 0.6) is 0 Å². The van der Waals surface area contributed by atoms with Crippen LogP contribution in [0.1, 0.15) is 39.0 Å². The maximum absolute atomic E-state index is 11.9. The first-order valence-corrected chi connectivity index (χ1v) is 6.70. The van der Waals surface area contributed by atoms with E-state index >= 15 is 0 Å². The van der Waals surface area contributed by atoms with Crippen LogP contribution in [-0.4, -0.2) is 48.2 Å². The normalized spacial score (nSPS) is 18.8. The van der Waals surface area contributed by atoms with Crippen molar-refractivity contribution in [3.63, 3.8) is 0 Å². The average Bonchev–Trinajstić information content (AvgIpc) is 2.84. The fraction of sp³-hybridized carbons (Fsp3) is 0.846. The lowest BCUT2D eigenvalue weighted by atomic mass is 10.1. The lowest BCUT2D eigenvalue weighted by Crippen LogP contribution is -2.35. The highest BCUT2D eigenvalue weighted by atomic mass is 16.5. The van der Waals surface area contributed by atoms with E-state index < -0.39 is 5.97 Å². The van der Waals surface area contributed by atoms with Gasteiger partial charge in [0.25, 0.3) is 0 Å². The minimum absolute atomic E-state index is 0.134. The molecule has 0 saturated carbocycles. The van der Waals surface area contributed by atoms with Crippen LogP contribution in [0.15, 0.2) is 0 Å². The van der Waals surface area contributed by atoms with E-state index in [1.54, 1.807) is 0 Å². The summed E-state index contributed by atoms with van der Waals surface area (Å²) in [5, 5.41) is 8.51. The maximum atomic E-state index is 11.9. The van der Waals surface area contributed by atoms with Gasteiger partial charge in [-0.1, -0.05) is 0 Å². The number of nitrogens with zero attached hydrogens (tertiary/aromatic N) is 1. The van der Waals surface area contributed by atoms with Gasteiger partial charge in [0.05, 0.1) is 6.61 Å². The number of unbranched alkanes of at least 4 members (excludes halogenated alkanes) is 1. The number of rotatable bonds is 8. The largest absolute Gasteiger partial charge is 0.481 e. The van der Waals surface area contributed by atoms with E-state index in [-0.39, 0.29) is 12.3 Å². The standard InChI is InChI=1S/C13H23NO4/c1-2-14(9-11-7-8-18-10-11)12(15)5-3-4-6-13(16)17/h11H,2-10H2,1H3,(H,16,17). The van der Waals surface area contributed by atoms with Crippen LogP contribution in [0.25, 0.3) is 0 Å². The molecule has 104 valence electrons. The molecule has 0 bridgehead atoms. The summed E-state index contributed by atoms with van der Waals surface area (Å²) >= 11 is 0. The van der Waals surface area contributed by atoms with E-state index in [2.05, 4.69) is 0 Å². The molecule has 1 saturated heterocycles. The van der Waals surface area contributed by atoms with Crippen molar-refractivity contribution in [2.75, 3.05) is 26.3 Å². The van der Waals surface area contributed by atoms with Crippen molar-refractivity contribution in [2.45, 2.75) is 39.0 Å². The number of carboxylic acids is 1. The zero-order chi connectivity index (χ0) is 13.4. The van der Waals surface area contributed by atoms with Crippen molar-refractivity contribution in [2.24, 2.45) is 5.92 Å². The van der Waals surface area contributed by atoms with Crippen molar-refractivity contribution in [3.8, 4) is 0 Å². The molecule has 1 amide bonds. The Balaban J connectivity index is 2.21. The van der Waals surface area contributed by atoms with Gasteiger partial charge in [0.2, 0.25) is 5.91 Å². The highest BCUT2D eigenvalue weighted by Crippen LogP contribution is 2.15. The summed E-state index contributed by atoms with van der Waals surface area (Å²) < 4.78 is 5.30. The summed E-state index contributed by atoms with van der Waals surface area (Å²) in [5.41, 5.74) is 0. The first-order valence-electron chi connectivity index (χ1n) is 6.70. The van der Waals surface area contributed by atoms with Crippen LogP contribution < -0.4 is 0 Å². The molecule has 1 heterocycles. The zero-order valence-corrected chi connectivity index (χ0v) is 11.1. The number of carbonyl (C=O) groups is 2. The number of amides is 1. The lowest BCUT2D eigenvalue weighted by molar-refractivity contribution is -0.137. The summed E-state index contributed by atoms with van der Waals surface area (Å²) in [6.07, 6.45) is 2.86. The van der Waals surface area contributed by atoms with Crippen LogP contribution in [0.2, 0.25) is 0 Å². The van der Waals surface area contributed by atoms with E-state index in [9.17, 15) is 9.59 Å². The number of hydrogen-bond donors (Lipinski definition) is 1. The van der Waals surface area contributed by atoms with Crippen molar-refractivity contribution in [1.82, 2.24) is 4.90 Å². The van der Waals surface area contributed by atoms with Gasteiger partial charge in [0, 0.05) is 38.5 Å². The van der Waals surface area contributed by atoms with Gasteiger partial charge in [-0.2, -0.15) is 0 Å². The summed E-state index contributed by atoms with van der Waals surface area (Å²) in [5.74, 6) is -0.194. The van der Waals surface area contributed by atoms with Gasteiger partial charge in [-0.3, -0.25) is 9.59 Å². The second-order valence-corrected chi connectivity index (χ2v) is 4.76. The van der Waals surface area contributed by atoms with E-state index in [0.717, 1.165) is 26.2 Å². The van der Waals surface area contributed by atoms with Crippen LogP contribution in [0, 0.1) is 5.92 Å². The highest BCUT2D eigenvalue weighted by molar-refractivity contribution is 5.76. The van der Waals surface area contributed by atoms with E-state index in [1.165, 1.54) is 0 Å². The molecular weight excluding hydrogens is 234 g/mol. The molecule has 1 aliphatic heterocycles. The molecule has 5 heteroatoms. The molecule has 0 aromatic carbocycles. The Morgan fingerprint density at radius 2 is 2.06 bits per heavy atom. The van der Waals surface area contributed by atoms with E-state index in [1.807, 2.05) is 11.8 Å². The molecule has 5 nitrogen and oxygen atoms in total. The van der Waals surface area contributed by atoms with E-state index in [0.29, 0.717) is 31.7 Å². The smallest absolute Gasteiger partial charge is 0.303 e. The molecule has 0 aromatic heterocycles. The topological polar surface area (TPSA) is 66.8 Å². The third-order valence-corrected chi connectivity index (χ3v) is 3.27. The minimum atomic E-state index is -0.794. The van der Waals surface area contributed by atoms with Gasteiger partial charge in [0.15, 0.2) is 0 Å². The van der Waals surface area contributed by atoms with Crippen LogP contribution in [0.3, 0.4) is 0 Å². The van der Waals surface area contributed by atoms with Gasteiger partial charge in [0.1, 0.15) is 0 Å². The van der Waals surface area contributed by atoms with Gasteiger partial charge in [-0.15, -0.1) is 0 Å². The second-order valence-electron chi connectivity index (χ2n) is 4.76.